The van der Waals surface area contributed by atoms with Crippen molar-refractivity contribution in [2.24, 2.45) is 0 Å². The second kappa shape index (κ2) is 8.36. The zero-order chi connectivity index (χ0) is 18.4. The van der Waals surface area contributed by atoms with Crippen LogP contribution in [0.1, 0.15) is 18.2 Å². The molecule has 1 aliphatic heterocycles. The van der Waals surface area contributed by atoms with Crippen molar-refractivity contribution in [3.8, 4) is 23.6 Å². The molecule has 1 atom stereocenters. The Morgan fingerprint density at radius 1 is 1.23 bits per heavy atom. The molecule has 0 radical (unpaired) electrons. The second-order valence-corrected chi connectivity index (χ2v) is 7.97. The van der Waals surface area contributed by atoms with Gasteiger partial charge >= 0.3 is 0 Å². The Morgan fingerprint density at radius 2 is 1.96 bits per heavy atom. The SMILES string of the molecule is C#CCC(CS(=O)(=O)N1CCOCC1)c1nncc(-c2ccccc2)n1. The number of hydrogen-bond donors (Lipinski definition) is 0. The highest BCUT2D eigenvalue weighted by molar-refractivity contribution is 7.89. The number of hydrogen-bond acceptors (Lipinski definition) is 6. The third kappa shape index (κ3) is 4.43. The zero-order valence-corrected chi connectivity index (χ0v) is 15.1. The van der Waals surface area contributed by atoms with Gasteiger partial charge in [0.25, 0.3) is 0 Å². The molecule has 8 heteroatoms. The highest BCUT2D eigenvalue weighted by Gasteiger charge is 2.29. The second-order valence-electron chi connectivity index (χ2n) is 5.96. The van der Waals surface area contributed by atoms with E-state index in [0.29, 0.717) is 37.8 Å². The summed E-state index contributed by atoms with van der Waals surface area (Å²) in [6.07, 6.45) is 7.24. The Morgan fingerprint density at radius 3 is 2.65 bits per heavy atom. The topological polar surface area (TPSA) is 85.3 Å². The van der Waals surface area contributed by atoms with Crippen molar-refractivity contribution in [2.75, 3.05) is 32.1 Å². The highest BCUT2D eigenvalue weighted by atomic mass is 32.2. The molecule has 1 saturated heterocycles. The van der Waals surface area contributed by atoms with E-state index in [9.17, 15) is 8.42 Å². The minimum atomic E-state index is -3.48. The fourth-order valence-corrected chi connectivity index (χ4v) is 4.48. The van der Waals surface area contributed by atoms with E-state index in [4.69, 9.17) is 11.2 Å². The van der Waals surface area contributed by atoms with Crippen molar-refractivity contribution in [2.45, 2.75) is 12.3 Å². The maximum Gasteiger partial charge on any atom is 0.215 e. The van der Waals surface area contributed by atoms with Gasteiger partial charge in [0.2, 0.25) is 10.0 Å². The van der Waals surface area contributed by atoms with Crippen LogP contribution in [0.2, 0.25) is 0 Å². The molecule has 0 saturated carbocycles. The largest absolute Gasteiger partial charge is 0.379 e. The molecule has 0 bridgehead atoms. The lowest BCUT2D eigenvalue weighted by Crippen LogP contribution is -2.42. The summed E-state index contributed by atoms with van der Waals surface area (Å²) in [5, 5.41) is 8.05. The van der Waals surface area contributed by atoms with Gasteiger partial charge in [-0.05, 0) is 0 Å². The number of nitrogens with zero attached hydrogens (tertiary/aromatic N) is 4. The predicted molar refractivity (Wildman–Crippen MR) is 97.6 cm³/mol. The van der Waals surface area contributed by atoms with Crippen LogP contribution in [0.5, 0.6) is 0 Å². The van der Waals surface area contributed by atoms with E-state index < -0.39 is 15.9 Å². The number of terminal acetylenes is 1. The maximum absolute atomic E-state index is 12.7. The summed E-state index contributed by atoms with van der Waals surface area (Å²) in [5.74, 6) is 2.23. The van der Waals surface area contributed by atoms with Gasteiger partial charge in [0.15, 0.2) is 5.82 Å². The smallest absolute Gasteiger partial charge is 0.215 e. The maximum atomic E-state index is 12.7. The summed E-state index contributed by atoms with van der Waals surface area (Å²) in [5.41, 5.74) is 1.53. The van der Waals surface area contributed by atoms with Gasteiger partial charge in [0.05, 0.1) is 30.9 Å². The average molecular weight is 372 g/mol. The van der Waals surface area contributed by atoms with Crippen molar-refractivity contribution in [1.29, 1.82) is 0 Å². The molecular weight excluding hydrogens is 352 g/mol. The molecule has 1 aliphatic rings. The third-order valence-electron chi connectivity index (χ3n) is 4.15. The lowest BCUT2D eigenvalue weighted by atomic mass is 10.1. The Kier molecular flexibility index (Phi) is 5.93. The van der Waals surface area contributed by atoms with Crippen LogP contribution in [-0.4, -0.2) is 60.0 Å². The standard InChI is InChI=1S/C18H20N4O3S/c1-2-6-16(14-26(23,24)22-9-11-25-12-10-22)18-20-17(13-19-21-18)15-7-4-3-5-8-15/h1,3-5,7-8,13,16H,6,9-12,14H2. The van der Waals surface area contributed by atoms with Gasteiger partial charge in [-0.3, -0.25) is 0 Å². The first kappa shape index (κ1) is 18.5. The first-order valence-corrected chi connectivity index (χ1v) is 9.95. The van der Waals surface area contributed by atoms with Crippen LogP contribution in [0.15, 0.2) is 36.5 Å². The lowest BCUT2D eigenvalue weighted by molar-refractivity contribution is 0.0729. The normalized spacial score (nSPS) is 16.7. The minimum Gasteiger partial charge on any atom is -0.379 e. The molecule has 1 aromatic heterocycles. The van der Waals surface area contributed by atoms with Crippen molar-refractivity contribution in [3.63, 3.8) is 0 Å². The van der Waals surface area contributed by atoms with Gasteiger partial charge < -0.3 is 4.74 Å². The van der Waals surface area contributed by atoms with E-state index in [1.807, 2.05) is 30.3 Å². The Balaban J connectivity index is 1.85. The van der Waals surface area contributed by atoms with Crippen LogP contribution in [0.3, 0.4) is 0 Å². The van der Waals surface area contributed by atoms with Gasteiger partial charge in [0.1, 0.15) is 0 Å². The Bertz CT molecular complexity index is 875. The Hall–Kier alpha value is -2.34. The van der Waals surface area contributed by atoms with E-state index in [1.165, 1.54) is 4.31 Å². The molecule has 0 amide bonds. The Labute approximate surface area is 153 Å². The van der Waals surface area contributed by atoms with Gasteiger partial charge in [-0.25, -0.2) is 13.4 Å². The van der Waals surface area contributed by atoms with E-state index in [-0.39, 0.29) is 12.2 Å². The number of morpholine rings is 1. The summed E-state index contributed by atoms with van der Waals surface area (Å²) in [6, 6.07) is 9.54. The molecule has 3 rings (SSSR count). The van der Waals surface area contributed by atoms with E-state index >= 15 is 0 Å². The van der Waals surface area contributed by atoms with Crippen LogP contribution in [-0.2, 0) is 14.8 Å². The van der Waals surface area contributed by atoms with E-state index in [0.717, 1.165) is 5.56 Å². The molecule has 7 nitrogen and oxygen atoms in total. The van der Waals surface area contributed by atoms with Crippen LogP contribution in [0, 0.1) is 12.3 Å². The summed E-state index contributed by atoms with van der Waals surface area (Å²) in [7, 11) is -3.48. The monoisotopic (exact) mass is 372 g/mol. The number of rotatable bonds is 6. The summed E-state index contributed by atoms with van der Waals surface area (Å²) < 4.78 is 32.1. The molecule has 0 aliphatic carbocycles. The van der Waals surface area contributed by atoms with Gasteiger partial charge in [-0.15, -0.1) is 17.4 Å². The molecule has 1 aromatic carbocycles. The van der Waals surface area contributed by atoms with Crippen LogP contribution in [0.4, 0.5) is 0 Å². The summed E-state index contributed by atoms with van der Waals surface area (Å²) >= 11 is 0. The lowest BCUT2D eigenvalue weighted by Gasteiger charge is -2.27. The zero-order valence-electron chi connectivity index (χ0n) is 14.3. The van der Waals surface area contributed by atoms with Crippen molar-refractivity contribution >= 4 is 10.0 Å². The third-order valence-corrected chi connectivity index (χ3v) is 6.12. The molecule has 0 N–H and O–H groups in total. The minimum absolute atomic E-state index is 0.142. The van der Waals surface area contributed by atoms with Gasteiger partial charge in [-0.2, -0.15) is 9.40 Å². The molecule has 26 heavy (non-hydrogen) atoms. The fraction of sp³-hybridized carbons (Fsp3) is 0.389. The number of ether oxygens (including phenoxy) is 1. The highest BCUT2D eigenvalue weighted by Crippen LogP contribution is 2.22. The van der Waals surface area contributed by atoms with E-state index in [2.05, 4.69) is 21.1 Å². The quantitative estimate of drug-likeness (QED) is 0.711. The van der Waals surface area contributed by atoms with Crippen molar-refractivity contribution in [1.82, 2.24) is 19.5 Å². The average Bonchev–Trinajstić information content (AvgIpc) is 2.69. The summed E-state index contributed by atoms with van der Waals surface area (Å²) in [4.78, 5) is 4.51. The first-order valence-electron chi connectivity index (χ1n) is 8.34. The molecule has 0 spiro atoms. The van der Waals surface area contributed by atoms with Crippen molar-refractivity contribution in [3.05, 3.63) is 42.4 Å². The first-order chi connectivity index (χ1) is 12.6. The molecule has 136 valence electrons. The number of sulfonamides is 1. The predicted octanol–water partition coefficient (Wildman–Crippen LogP) is 1.31. The molecule has 2 aromatic rings. The molecule has 1 fully saturated rings. The van der Waals surface area contributed by atoms with Crippen LogP contribution in [0.25, 0.3) is 11.3 Å². The molecular formula is C18H20N4O3S. The fourth-order valence-electron chi connectivity index (χ4n) is 2.79. The van der Waals surface area contributed by atoms with Gasteiger partial charge in [-0.1, -0.05) is 30.3 Å². The van der Waals surface area contributed by atoms with Gasteiger partial charge in [0, 0.05) is 31.0 Å². The summed E-state index contributed by atoms with van der Waals surface area (Å²) in [6.45, 7) is 1.52. The number of aromatic nitrogens is 3. The molecule has 2 heterocycles. The molecule has 1 unspecified atom stereocenters. The van der Waals surface area contributed by atoms with Crippen LogP contribution < -0.4 is 0 Å². The van der Waals surface area contributed by atoms with Crippen LogP contribution >= 0.6 is 0 Å². The van der Waals surface area contributed by atoms with Crippen molar-refractivity contribution < 1.29 is 13.2 Å². The number of benzene rings is 1. The van der Waals surface area contributed by atoms with E-state index in [1.54, 1.807) is 6.20 Å².